The summed E-state index contributed by atoms with van der Waals surface area (Å²) in [7, 11) is 2.60. The molecule has 15 heteroatoms. The van der Waals surface area contributed by atoms with Crippen LogP contribution < -0.4 is 15.5 Å². The Kier molecular flexibility index (Phi) is 13.6. The summed E-state index contributed by atoms with van der Waals surface area (Å²) in [5.41, 5.74) is 7.21. The van der Waals surface area contributed by atoms with Crippen molar-refractivity contribution >= 4 is 29.7 Å². The first kappa shape index (κ1) is 44.9. The van der Waals surface area contributed by atoms with Crippen molar-refractivity contribution in [2.75, 3.05) is 32.2 Å². The van der Waals surface area contributed by atoms with Crippen molar-refractivity contribution in [1.29, 1.82) is 0 Å². The zero-order valence-electron chi connectivity index (χ0n) is 38.1. The summed E-state index contributed by atoms with van der Waals surface area (Å²) in [4.78, 5) is 74.4. The Morgan fingerprint density at radius 2 is 1.00 bits per heavy atom. The molecule has 3 fully saturated rings. The Morgan fingerprint density at radius 1 is 0.585 bits per heavy atom. The van der Waals surface area contributed by atoms with Crippen LogP contribution in [0.2, 0.25) is 0 Å². The molecule has 6 atom stereocenters. The van der Waals surface area contributed by atoms with E-state index in [1.807, 2.05) is 49.9 Å². The number of rotatable bonds is 13. The molecule has 0 radical (unpaired) electrons. The molecule has 5 heterocycles. The fourth-order valence-corrected chi connectivity index (χ4v) is 9.87. The molecule has 2 aromatic heterocycles. The van der Waals surface area contributed by atoms with E-state index in [-0.39, 0.29) is 47.8 Å². The van der Waals surface area contributed by atoms with E-state index < -0.39 is 24.3 Å². The van der Waals surface area contributed by atoms with Crippen LogP contribution in [-0.2, 0) is 19.1 Å². The van der Waals surface area contributed by atoms with Crippen molar-refractivity contribution in [1.82, 2.24) is 40.4 Å². The summed E-state index contributed by atoms with van der Waals surface area (Å²) in [6, 6.07) is 26.5. The van der Waals surface area contributed by atoms with Crippen molar-refractivity contribution in [3.63, 3.8) is 0 Å². The van der Waals surface area contributed by atoms with Crippen molar-refractivity contribution < 1.29 is 28.7 Å². The number of anilines is 1. The monoisotopic (exact) mass is 883 g/mol. The average molecular weight is 884 g/mol. The van der Waals surface area contributed by atoms with Gasteiger partial charge in [-0.3, -0.25) is 9.59 Å². The van der Waals surface area contributed by atoms with E-state index in [0.717, 1.165) is 78.4 Å². The van der Waals surface area contributed by atoms with Crippen LogP contribution in [0.3, 0.4) is 0 Å². The molecule has 3 aliphatic heterocycles. The number of H-pyrrole nitrogens is 2. The number of benzene rings is 3. The zero-order valence-corrected chi connectivity index (χ0v) is 38.1. The first-order valence-corrected chi connectivity index (χ1v) is 22.9. The van der Waals surface area contributed by atoms with Gasteiger partial charge in [0.15, 0.2) is 0 Å². The Hall–Kier alpha value is -6.64. The Morgan fingerprint density at radius 3 is 1.38 bits per heavy atom. The van der Waals surface area contributed by atoms with Crippen LogP contribution in [0.25, 0.3) is 22.5 Å². The minimum Gasteiger partial charge on any atom is -0.453 e. The highest BCUT2D eigenvalue weighted by Gasteiger charge is 2.40. The molecule has 3 aliphatic rings. The Balaban J connectivity index is 0.964. The molecule has 15 nitrogen and oxygen atoms in total. The molecule has 4 amide bonds. The number of carbonyl (C=O) groups is 4. The molecule has 4 N–H and O–H groups in total. The van der Waals surface area contributed by atoms with E-state index >= 15 is 0 Å². The molecule has 0 saturated carbocycles. The molecule has 3 aromatic carbocycles. The van der Waals surface area contributed by atoms with E-state index in [9.17, 15) is 19.2 Å². The number of hydrogen-bond donors (Lipinski definition) is 4. The summed E-state index contributed by atoms with van der Waals surface area (Å²) < 4.78 is 9.59. The molecule has 0 spiro atoms. The van der Waals surface area contributed by atoms with Crippen LogP contribution in [-0.4, -0.2) is 93.1 Å². The van der Waals surface area contributed by atoms with Crippen LogP contribution in [0.1, 0.15) is 113 Å². The number of aromatic amines is 2. The van der Waals surface area contributed by atoms with Crippen molar-refractivity contribution in [3.05, 3.63) is 114 Å². The lowest BCUT2D eigenvalue weighted by Crippen LogP contribution is -2.51. The number of imidazole rings is 2. The quantitative estimate of drug-likeness (QED) is 0.0901. The van der Waals surface area contributed by atoms with Gasteiger partial charge in [0.2, 0.25) is 11.8 Å². The third-order valence-corrected chi connectivity index (χ3v) is 13.3. The van der Waals surface area contributed by atoms with Gasteiger partial charge in [0.05, 0.1) is 49.8 Å². The second-order valence-electron chi connectivity index (χ2n) is 18.0. The predicted octanol–water partition coefficient (Wildman–Crippen LogP) is 8.64. The number of alkyl carbamates (subject to hydrolysis) is 2. The maximum Gasteiger partial charge on any atom is 0.407 e. The van der Waals surface area contributed by atoms with E-state index in [2.05, 4.69) is 104 Å². The number of nitrogens with zero attached hydrogens (tertiary/aromatic N) is 5. The lowest BCUT2D eigenvalue weighted by Gasteiger charge is -2.33. The highest BCUT2D eigenvalue weighted by atomic mass is 16.5. The molecule has 1 unspecified atom stereocenters. The normalized spacial score (nSPS) is 20.6. The van der Waals surface area contributed by atoms with Gasteiger partial charge in [-0.2, -0.15) is 0 Å². The third-order valence-electron chi connectivity index (χ3n) is 13.3. The van der Waals surface area contributed by atoms with Crippen molar-refractivity contribution in [2.45, 2.75) is 102 Å². The number of carbonyl (C=O) groups excluding carboxylic acids is 4. The fraction of sp³-hybridized carbons (Fsp3) is 0.440. The second-order valence-corrected chi connectivity index (χ2v) is 18.0. The van der Waals surface area contributed by atoms with Gasteiger partial charge in [0, 0.05) is 42.3 Å². The number of para-hydroxylation sites is 1. The Bertz CT molecular complexity index is 2280. The maximum absolute atomic E-state index is 13.7. The van der Waals surface area contributed by atoms with Crippen molar-refractivity contribution in [3.8, 4) is 22.5 Å². The van der Waals surface area contributed by atoms with Gasteiger partial charge in [0.1, 0.15) is 23.7 Å². The molecule has 8 rings (SSSR count). The van der Waals surface area contributed by atoms with Gasteiger partial charge >= 0.3 is 12.2 Å². The highest BCUT2D eigenvalue weighted by Crippen LogP contribution is 2.47. The van der Waals surface area contributed by atoms with E-state index in [1.54, 1.807) is 0 Å². The van der Waals surface area contributed by atoms with Gasteiger partial charge < -0.3 is 44.8 Å². The standard InChI is InChI=1S/C50H61N9O6/c1-30(2)43(55-49(62)64-5)47(60)57-26-10-14-41(57)45-51-28-37(53-45)32-16-20-34(21-17-32)39-24-25-40(59(39)36-12-8-7-9-13-36)35-22-18-33(19-23-35)38-29-52-46(54-38)42-15-11-27-58(42)48(61)44(31(3)4)56-50(63)65-6/h7-9,12-13,16-23,28-31,39-44H,10-11,14-15,24-27H2,1-6H3,(H,51,53)(H,52,54)(H,55,62)(H,56,63)/t39-,40?,41+,42+,43+,44+/m1/s1. The Labute approximate surface area is 380 Å². The first-order valence-electron chi connectivity index (χ1n) is 22.9. The first-order chi connectivity index (χ1) is 31.4. The zero-order chi connectivity index (χ0) is 45.8. The molecular formula is C50H61N9O6. The van der Waals surface area contributed by atoms with E-state index in [1.165, 1.54) is 25.3 Å². The molecule has 65 heavy (non-hydrogen) atoms. The van der Waals surface area contributed by atoms with Gasteiger partial charge in [-0.25, -0.2) is 19.6 Å². The molecular weight excluding hydrogens is 823 g/mol. The molecule has 0 bridgehead atoms. The summed E-state index contributed by atoms with van der Waals surface area (Å²) in [6.07, 6.45) is 7.81. The van der Waals surface area contributed by atoms with Gasteiger partial charge in [-0.1, -0.05) is 94.4 Å². The smallest absolute Gasteiger partial charge is 0.407 e. The summed E-state index contributed by atoms with van der Waals surface area (Å²) in [5, 5.41) is 5.44. The average Bonchev–Trinajstić information content (AvgIpc) is 4.19. The number of likely N-dealkylation sites (tertiary alicyclic amines) is 2. The van der Waals surface area contributed by atoms with Gasteiger partial charge in [-0.05, 0) is 73.6 Å². The minimum absolute atomic E-state index is 0.108. The molecule has 3 saturated heterocycles. The highest BCUT2D eigenvalue weighted by molar-refractivity contribution is 5.87. The fourth-order valence-electron chi connectivity index (χ4n) is 9.87. The summed E-state index contributed by atoms with van der Waals surface area (Å²) in [6.45, 7) is 8.84. The van der Waals surface area contributed by atoms with Gasteiger partial charge in [-0.15, -0.1) is 0 Å². The number of aromatic nitrogens is 4. The van der Waals surface area contributed by atoms with Crippen LogP contribution in [0, 0.1) is 11.8 Å². The number of amides is 4. The lowest BCUT2D eigenvalue weighted by molar-refractivity contribution is -0.136. The third kappa shape index (κ3) is 9.45. The van der Waals surface area contributed by atoms with Crippen LogP contribution in [0.4, 0.5) is 15.3 Å². The molecule has 342 valence electrons. The van der Waals surface area contributed by atoms with Crippen molar-refractivity contribution in [2.24, 2.45) is 11.8 Å². The topological polar surface area (TPSA) is 178 Å². The van der Waals surface area contributed by atoms with Crippen LogP contribution in [0.15, 0.2) is 91.3 Å². The van der Waals surface area contributed by atoms with E-state index in [0.29, 0.717) is 13.1 Å². The van der Waals surface area contributed by atoms with Crippen LogP contribution >= 0.6 is 0 Å². The maximum atomic E-state index is 13.7. The molecule has 5 aromatic rings. The molecule has 0 aliphatic carbocycles. The lowest BCUT2D eigenvalue weighted by atomic mass is 10.0. The largest absolute Gasteiger partial charge is 0.453 e. The SMILES string of the molecule is COC(=O)N[C@H](C(=O)N1CCC[C@H]1c1nc(-c2ccc(C3CC[C@H](c4ccc(-c5c[nH]c([C@@H]6CCCN6C(=O)[C@@H](NC(=O)OC)C(C)C)n5)cc4)N3c3ccccc3)cc2)c[nH]1)C(C)C. The summed E-state index contributed by atoms with van der Waals surface area (Å²) >= 11 is 0. The van der Waals surface area contributed by atoms with Gasteiger partial charge in [0.25, 0.3) is 0 Å². The van der Waals surface area contributed by atoms with Crippen LogP contribution in [0.5, 0.6) is 0 Å². The predicted molar refractivity (Wildman–Crippen MR) is 247 cm³/mol. The second kappa shape index (κ2) is 19.6. The number of ether oxygens (including phenoxy) is 2. The number of hydrogen-bond acceptors (Lipinski definition) is 9. The van der Waals surface area contributed by atoms with E-state index in [4.69, 9.17) is 19.4 Å². The number of methoxy groups -OCH3 is 2. The minimum atomic E-state index is -0.691. The number of nitrogens with one attached hydrogen (secondary N) is 4. The summed E-state index contributed by atoms with van der Waals surface area (Å²) in [5.74, 6) is 0.994.